The van der Waals surface area contributed by atoms with Crippen molar-refractivity contribution in [2.75, 3.05) is 16.4 Å². The zero-order chi connectivity index (χ0) is 23.4. The van der Waals surface area contributed by atoms with Gasteiger partial charge in [-0.05, 0) is 35.7 Å². The molecule has 3 aromatic heterocycles. The van der Waals surface area contributed by atoms with Gasteiger partial charge in [0.05, 0.1) is 11.1 Å². The number of aromatic nitrogens is 2. The molecule has 33 heavy (non-hydrogen) atoms. The number of allylic oxidation sites excluding steroid dienone is 1. The standard InChI is InChI=1S/C23H20N4O3S3/c1-3-10-27-22(30)20-17(18-5-4-11-31-18)12-32-21(20)26-23(27)33-13-19(29)25-16-8-6-15(7-9-16)24-14(2)28/h3-9,11-12H,1,10,13H2,2H3,(H,24,28)(H,25,29). The molecule has 0 aliphatic rings. The van der Waals surface area contributed by atoms with E-state index in [0.29, 0.717) is 33.3 Å². The highest BCUT2D eigenvalue weighted by Crippen LogP contribution is 2.34. The fourth-order valence-corrected chi connectivity index (χ4v) is 5.80. The molecule has 2 N–H and O–H groups in total. The first-order chi connectivity index (χ1) is 16.0. The summed E-state index contributed by atoms with van der Waals surface area (Å²) in [5.74, 6) is -0.296. The summed E-state index contributed by atoms with van der Waals surface area (Å²) in [6.07, 6.45) is 1.65. The number of hydrogen-bond donors (Lipinski definition) is 2. The quantitative estimate of drug-likeness (QED) is 0.202. The number of fused-ring (bicyclic) bond motifs is 1. The fraction of sp³-hybridized carbons (Fsp3) is 0.130. The predicted octanol–water partition coefficient (Wildman–Crippen LogP) is 5.06. The van der Waals surface area contributed by atoms with E-state index in [9.17, 15) is 14.4 Å². The van der Waals surface area contributed by atoms with Crippen LogP contribution in [0.15, 0.2) is 69.8 Å². The molecule has 0 aliphatic heterocycles. The van der Waals surface area contributed by atoms with Crippen LogP contribution < -0.4 is 16.2 Å². The van der Waals surface area contributed by atoms with Crippen molar-refractivity contribution >= 4 is 67.8 Å². The number of thiophene rings is 2. The molecular weight excluding hydrogens is 476 g/mol. The minimum absolute atomic E-state index is 0.0890. The first kappa shape index (κ1) is 23.0. The molecule has 7 nitrogen and oxygen atoms in total. The molecule has 0 atom stereocenters. The van der Waals surface area contributed by atoms with E-state index >= 15 is 0 Å². The highest BCUT2D eigenvalue weighted by molar-refractivity contribution is 7.99. The van der Waals surface area contributed by atoms with E-state index in [1.54, 1.807) is 46.2 Å². The molecule has 4 aromatic rings. The maximum absolute atomic E-state index is 13.3. The van der Waals surface area contributed by atoms with Crippen molar-refractivity contribution in [3.05, 3.63) is 70.2 Å². The largest absolute Gasteiger partial charge is 0.326 e. The number of benzene rings is 1. The summed E-state index contributed by atoms with van der Waals surface area (Å²) < 4.78 is 1.55. The lowest BCUT2D eigenvalue weighted by Gasteiger charge is -2.11. The number of carbonyl (C=O) groups excluding carboxylic acids is 2. The molecule has 1 aromatic carbocycles. The molecule has 4 rings (SSSR count). The Balaban J connectivity index is 1.52. The second-order valence-corrected chi connectivity index (χ2v) is 9.75. The number of nitrogens with one attached hydrogen (secondary N) is 2. The number of nitrogens with zero attached hydrogens (tertiary/aromatic N) is 2. The number of thioether (sulfide) groups is 1. The molecule has 0 unspecified atom stereocenters. The van der Waals surface area contributed by atoms with E-state index < -0.39 is 0 Å². The molecule has 0 spiro atoms. The lowest BCUT2D eigenvalue weighted by atomic mass is 10.2. The van der Waals surface area contributed by atoms with Gasteiger partial charge in [-0.2, -0.15) is 0 Å². The van der Waals surface area contributed by atoms with Crippen LogP contribution in [-0.2, 0) is 16.1 Å². The first-order valence-corrected chi connectivity index (χ1v) is 12.7. The third kappa shape index (κ3) is 5.24. The van der Waals surface area contributed by atoms with Crippen molar-refractivity contribution < 1.29 is 9.59 Å². The Morgan fingerprint density at radius 1 is 1.15 bits per heavy atom. The number of rotatable bonds is 8. The van der Waals surface area contributed by atoms with Crippen molar-refractivity contribution in [2.45, 2.75) is 18.6 Å². The highest BCUT2D eigenvalue weighted by Gasteiger charge is 2.18. The second-order valence-electron chi connectivity index (χ2n) is 7.00. The third-order valence-corrected chi connectivity index (χ3v) is 7.33. The van der Waals surface area contributed by atoms with Gasteiger partial charge < -0.3 is 10.6 Å². The Morgan fingerprint density at radius 3 is 2.52 bits per heavy atom. The molecule has 0 fully saturated rings. The average Bonchev–Trinajstić information content (AvgIpc) is 3.45. The van der Waals surface area contributed by atoms with Crippen molar-refractivity contribution in [1.82, 2.24) is 9.55 Å². The summed E-state index contributed by atoms with van der Waals surface area (Å²) in [5.41, 5.74) is 2.01. The number of amides is 2. The van der Waals surface area contributed by atoms with Crippen molar-refractivity contribution in [1.29, 1.82) is 0 Å². The summed E-state index contributed by atoms with van der Waals surface area (Å²) in [5, 5.41) is 10.5. The average molecular weight is 497 g/mol. The van der Waals surface area contributed by atoms with Gasteiger partial charge in [0.1, 0.15) is 4.83 Å². The molecule has 2 amide bonds. The molecule has 0 saturated carbocycles. The molecule has 0 aliphatic carbocycles. The number of anilines is 2. The van der Waals surface area contributed by atoms with Gasteiger partial charge in [0.25, 0.3) is 5.56 Å². The van der Waals surface area contributed by atoms with Crippen LogP contribution in [-0.4, -0.2) is 27.1 Å². The van der Waals surface area contributed by atoms with Gasteiger partial charge in [0, 0.05) is 40.7 Å². The van der Waals surface area contributed by atoms with Crippen LogP contribution in [0.25, 0.3) is 20.7 Å². The summed E-state index contributed by atoms with van der Waals surface area (Å²) in [4.78, 5) is 43.3. The van der Waals surface area contributed by atoms with E-state index in [0.717, 1.165) is 10.4 Å². The molecule has 3 heterocycles. The first-order valence-electron chi connectivity index (χ1n) is 9.93. The Labute approximate surface area is 202 Å². The van der Waals surface area contributed by atoms with Crippen molar-refractivity contribution in [3.8, 4) is 10.4 Å². The fourth-order valence-electron chi connectivity index (χ4n) is 3.19. The van der Waals surface area contributed by atoms with Gasteiger partial charge in [-0.25, -0.2) is 4.98 Å². The van der Waals surface area contributed by atoms with E-state index in [4.69, 9.17) is 0 Å². The lowest BCUT2D eigenvalue weighted by Crippen LogP contribution is -2.23. The third-order valence-electron chi connectivity index (χ3n) is 4.58. The molecule has 0 saturated heterocycles. The van der Waals surface area contributed by atoms with Crippen LogP contribution in [0.4, 0.5) is 11.4 Å². The van der Waals surface area contributed by atoms with Gasteiger partial charge in [-0.15, -0.1) is 29.3 Å². The Bertz CT molecular complexity index is 1370. The Morgan fingerprint density at radius 2 is 1.88 bits per heavy atom. The van der Waals surface area contributed by atoms with Gasteiger partial charge in [0.2, 0.25) is 11.8 Å². The minimum atomic E-state index is -0.225. The van der Waals surface area contributed by atoms with Crippen LogP contribution in [0.1, 0.15) is 6.92 Å². The maximum atomic E-state index is 13.3. The maximum Gasteiger partial charge on any atom is 0.263 e. The highest BCUT2D eigenvalue weighted by atomic mass is 32.2. The van der Waals surface area contributed by atoms with Gasteiger partial charge in [0.15, 0.2) is 5.16 Å². The summed E-state index contributed by atoms with van der Waals surface area (Å²) in [6.45, 7) is 5.49. The normalized spacial score (nSPS) is 10.8. The Hall–Kier alpha value is -3.21. The van der Waals surface area contributed by atoms with Gasteiger partial charge in [-0.3, -0.25) is 19.0 Å². The molecule has 0 radical (unpaired) electrons. The predicted molar refractivity (Wildman–Crippen MR) is 137 cm³/mol. The zero-order valence-corrected chi connectivity index (χ0v) is 20.1. The van der Waals surface area contributed by atoms with Crippen LogP contribution in [0.5, 0.6) is 0 Å². The topological polar surface area (TPSA) is 93.1 Å². The Kier molecular flexibility index (Phi) is 7.07. The lowest BCUT2D eigenvalue weighted by molar-refractivity contribution is -0.114. The van der Waals surface area contributed by atoms with E-state index in [1.807, 2.05) is 22.9 Å². The van der Waals surface area contributed by atoms with Crippen LogP contribution in [0.3, 0.4) is 0 Å². The second kappa shape index (κ2) is 10.2. The van der Waals surface area contributed by atoms with Crippen LogP contribution in [0, 0.1) is 0 Å². The number of hydrogen-bond acceptors (Lipinski definition) is 7. The summed E-state index contributed by atoms with van der Waals surface area (Å²) >= 11 is 4.21. The van der Waals surface area contributed by atoms with Crippen LogP contribution >= 0.6 is 34.4 Å². The van der Waals surface area contributed by atoms with Crippen molar-refractivity contribution in [3.63, 3.8) is 0 Å². The summed E-state index contributed by atoms with van der Waals surface area (Å²) in [7, 11) is 0. The molecule has 10 heteroatoms. The van der Waals surface area contributed by atoms with Crippen LogP contribution in [0.2, 0.25) is 0 Å². The monoisotopic (exact) mass is 496 g/mol. The smallest absolute Gasteiger partial charge is 0.263 e. The van der Waals surface area contributed by atoms with Gasteiger partial charge in [-0.1, -0.05) is 23.9 Å². The van der Waals surface area contributed by atoms with E-state index in [1.165, 1.54) is 30.0 Å². The molecule has 0 bridgehead atoms. The van der Waals surface area contributed by atoms with E-state index in [-0.39, 0.29) is 23.1 Å². The van der Waals surface area contributed by atoms with Gasteiger partial charge >= 0.3 is 0 Å². The molecular formula is C23H20N4O3S3. The van der Waals surface area contributed by atoms with Crippen molar-refractivity contribution in [2.24, 2.45) is 0 Å². The minimum Gasteiger partial charge on any atom is -0.326 e. The zero-order valence-electron chi connectivity index (χ0n) is 17.7. The van der Waals surface area contributed by atoms with E-state index in [2.05, 4.69) is 22.2 Å². The SMILES string of the molecule is C=CCn1c(SCC(=O)Nc2ccc(NC(C)=O)cc2)nc2scc(-c3cccs3)c2c1=O. The number of carbonyl (C=O) groups is 2. The molecule has 168 valence electrons. The summed E-state index contributed by atoms with van der Waals surface area (Å²) in [6, 6.07) is 10.8.